The van der Waals surface area contributed by atoms with E-state index in [0.29, 0.717) is 32.8 Å². The standard InChI is InChI=1S/C22H32O8/c1-17-6-5-9-21(26-10-11-27-21)7-3-2-4-8-22(28-12-13-29-22)16-19(24)14-18(23)15-20(25)30-17/h4,8,17H,2-3,5-7,9-16H2,1H3/b8-4+/t17-/m0/s1. The Bertz CT molecular complexity index is 644. The topological polar surface area (TPSA) is 97.4 Å². The van der Waals surface area contributed by atoms with Crippen LogP contribution in [-0.4, -0.2) is 61.6 Å². The first kappa shape index (κ1) is 23.1. The molecule has 0 N–H and O–H groups in total. The van der Waals surface area contributed by atoms with E-state index in [1.165, 1.54) is 0 Å². The molecule has 2 fully saturated rings. The number of carbonyl (C=O) groups is 3. The summed E-state index contributed by atoms with van der Waals surface area (Å²) in [6.45, 7) is 3.74. The minimum atomic E-state index is -1.13. The second kappa shape index (κ2) is 10.6. The summed E-state index contributed by atoms with van der Waals surface area (Å²) in [5.41, 5.74) is 0. The molecule has 0 bridgehead atoms. The predicted molar refractivity (Wildman–Crippen MR) is 106 cm³/mol. The molecule has 8 heteroatoms. The van der Waals surface area contributed by atoms with Crippen molar-refractivity contribution in [2.75, 3.05) is 26.4 Å². The van der Waals surface area contributed by atoms with Crippen molar-refractivity contribution >= 4 is 17.5 Å². The molecule has 3 heterocycles. The average molecular weight is 424 g/mol. The molecule has 0 aliphatic carbocycles. The number of rotatable bonds is 0. The average Bonchev–Trinajstić information content (AvgIpc) is 3.31. The molecule has 0 unspecified atom stereocenters. The summed E-state index contributed by atoms with van der Waals surface area (Å²) in [7, 11) is 0. The fourth-order valence-corrected chi connectivity index (χ4v) is 4.16. The van der Waals surface area contributed by atoms with Crippen molar-refractivity contribution in [2.45, 2.75) is 82.4 Å². The van der Waals surface area contributed by atoms with Gasteiger partial charge in [-0.1, -0.05) is 6.08 Å². The van der Waals surface area contributed by atoms with Crippen LogP contribution in [0.1, 0.15) is 64.7 Å². The Morgan fingerprint density at radius 1 is 0.867 bits per heavy atom. The fraction of sp³-hybridized carbons (Fsp3) is 0.773. The van der Waals surface area contributed by atoms with Crippen molar-refractivity contribution in [1.29, 1.82) is 0 Å². The lowest BCUT2D eigenvalue weighted by atomic mass is 9.99. The van der Waals surface area contributed by atoms with E-state index in [-0.39, 0.29) is 24.7 Å². The fourth-order valence-electron chi connectivity index (χ4n) is 4.16. The van der Waals surface area contributed by atoms with Gasteiger partial charge in [0.2, 0.25) is 0 Å². The van der Waals surface area contributed by atoms with Crippen LogP contribution in [0.3, 0.4) is 0 Å². The molecule has 168 valence electrons. The maximum atomic E-state index is 12.4. The molecule has 0 aromatic rings. The highest BCUT2D eigenvalue weighted by Gasteiger charge is 2.37. The zero-order valence-electron chi connectivity index (χ0n) is 17.7. The predicted octanol–water partition coefficient (Wildman–Crippen LogP) is 2.62. The van der Waals surface area contributed by atoms with Gasteiger partial charge >= 0.3 is 5.97 Å². The van der Waals surface area contributed by atoms with E-state index in [0.717, 1.165) is 32.1 Å². The summed E-state index contributed by atoms with van der Waals surface area (Å²) in [5, 5.41) is 0. The number of carbonyl (C=O) groups excluding carboxylic acids is 3. The van der Waals surface area contributed by atoms with E-state index in [9.17, 15) is 14.4 Å². The van der Waals surface area contributed by atoms with Gasteiger partial charge in [0.05, 0.1) is 45.4 Å². The number of allylic oxidation sites excluding steroid dienone is 1. The molecule has 0 radical (unpaired) electrons. The van der Waals surface area contributed by atoms with Gasteiger partial charge in [0.1, 0.15) is 12.2 Å². The highest BCUT2D eigenvalue weighted by atomic mass is 16.7. The molecule has 0 aromatic carbocycles. The maximum Gasteiger partial charge on any atom is 0.313 e. The van der Waals surface area contributed by atoms with Crippen LogP contribution in [-0.2, 0) is 38.1 Å². The third-order valence-electron chi connectivity index (χ3n) is 5.57. The highest BCUT2D eigenvalue weighted by Crippen LogP contribution is 2.32. The normalized spacial score (nSPS) is 30.2. The number of ether oxygens (including phenoxy) is 5. The lowest BCUT2D eigenvalue weighted by molar-refractivity contribution is -0.169. The van der Waals surface area contributed by atoms with Gasteiger partial charge in [-0.25, -0.2) is 0 Å². The maximum absolute atomic E-state index is 12.4. The Morgan fingerprint density at radius 2 is 1.53 bits per heavy atom. The summed E-state index contributed by atoms with van der Waals surface area (Å²) in [6.07, 6.45) is 7.15. The number of cyclic esters (lactones) is 1. The first-order valence-electron chi connectivity index (χ1n) is 10.9. The van der Waals surface area contributed by atoms with E-state index < -0.39 is 29.7 Å². The van der Waals surface area contributed by atoms with Gasteiger partial charge in [0, 0.05) is 12.8 Å². The van der Waals surface area contributed by atoms with Crippen molar-refractivity contribution in [1.82, 2.24) is 0 Å². The van der Waals surface area contributed by atoms with Crippen molar-refractivity contribution in [2.24, 2.45) is 0 Å². The van der Waals surface area contributed by atoms with Gasteiger partial charge in [0.25, 0.3) is 0 Å². The first-order valence-corrected chi connectivity index (χ1v) is 10.9. The number of ketones is 2. The van der Waals surface area contributed by atoms with Crippen LogP contribution in [0.4, 0.5) is 0 Å². The minimum Gasteiger partial charge on any atom is -0.462 e. The number of Topliss-reactive ketones (excluding diaryl/α,β-unsaturated/α-hetero) is 2. The van der Waals surface area contributed by atoms with Gasteiger partial charge in [-0.2, -0.15) is 0 Å². The third-order valence-corrected chi connectivity index (χ3v) is 5.57. The van der Waals surface area contributed by atoms with Gasteiger partial charge in [0.15, 0.2) is 17.4 Å². The largest absolute Gasteiger partial charge is 0.462 e. The smallest absolute Gasteiger partial charge is 0.313 e. The van der Waals surface area contributed by atoms with Gasteiger partial charge in [-0.3, -0.25) is 14.4 Å². The Morgan fingerprint density at radius 3 is 2.27 bits per heavy atom. The van der Waals surface area contributed by atoms with Gasteiger partial charge < -0.3 is 23.7 Å². The molecule has 0 saturated carbocycles. The van der Waals surface area contributed by atoms with Gasteiger partial charge in [-0.05, 0) is 38.7 Å². The number of hydrogen-bond donors (Lipinski definition) is 0. The van der Waals surface area contributed by atoms with Crippen molar-refractivity contribution in [3.05, 3.63) is 12.2 Å². The molecule has 2 spiro atoms. The van der Waals surface area contributed by atoms with Crippen molar-refractivity contribution < 1.29 is 38.1 Å². The lowest BCUT2D eigenvalue weighted by Gasteiger charge is -2.28. The third kappa shape index (κ3) is 6.70. The molecule has 2 saturated heterocycles. The van der Waals surface area contributed by atoms with E-state index in [2.05, 4.69) is 0 Å². The molecule has 3 rings (SSSR count). The van der Waals surface area contributed by atoms with Gasteiger partial charge in [-0.15, -0.1) is 0 Å². The van der Waals surface area contributed by atoms with Crippen LogP contribution in [0, 0.1) is 0 Å². The SMILES string of the molecule is C[C@H]1CCCC2(CCC/C=C/C3(CC(=O)CC(=O)CC(=O)O1)OCCO3)OCCO2. The second-order valence-electron chi connectivity index (χ2n) is 8.21. The zero-order valence-corrected chi connectivity index (χ0v) is 17.7. The molecule has 30 heavy (non-hydrogen) atoms. The summed E-state index contributed by atoms with van der Waals surface area (Å²) < 4.78 is 28.5. The molecule has 0 amide bonds. The minimum absolute atomic E-state index is 0.0587. The van der Waals surface area contributed by atoms with Crippen LogP contribution in [0.5, 0.6) is 0 Å². The number of esters is 1. The van der Waals surface area contributed by atoms with Crippen LogP contribution in [0.15, 0.2) is 12.2 Å². The summed E-state index contributed by atoms with van der Waals surface area (Å²) >= 11 is 0. The molecule has 3 aliphatic heterocycles. The molecular formula is C22H32O8. The molecule has 1 atom stereocenters. The monoisotopic (exact) mass is 424 g/mol. The Balaban J connectivity index is 1.68. The quantitative estimate of drug-likeness (QED) is 0.333. The Hall–Kier alpha value is -1.61. The van der Waals surface area contributed by atoms with Crippen molar-refractivity contribution in [3.63, 3.8) is 0 Å². The second-order valence-corrected chi connectivity index (χ2v) is 8.21. The van der Waals surface area contributed by atoms with Crippen LogP contribution < -0.4 is 0 Å². The van der Waals surface area contributed by atoms with Crippen LogP contribution >= 0.6 is 0 Å². The Labute approximate surface area is 177 Å². The first-order chi connectivity index (χ1) is 14.4. The van der Waals surface area contributed by atoms with E-state index in [4.69, 9.17) is 23.7 Å². The summed E-state index contributed by atoms with van der Waals surface area (Å²) in [4.78, 5) is 36.6. The molecular weight excluding hydrogens is 392 g/mol. The highest BCUT2D eigenvalue weighted by molar-refractivity contribution is 6.05. The molecule has 3 aliphatic rings. The van der Waals surface area contributed by atoms with Crippen LogP contribution in [0.2, 0.25) is 0 Å². The van der Waals surface area contributed by atoms with E-state index >= 15 is 0 Å². The summed E-state index contributed by atoms with van der Waals surface area (Å²) in [5.74, 6) is -3.10. The van der Waals surface area contributed by atoms with Crippen LogP contribution in [0.25, 0.3) is 0 Å². The van der Waals surface area contributed by atoms with E-state index in [1.54, 1.807) is 13.0 Å². The number of hydrogen-bond acceptors (Lipinski definition) is 8. The van der Waals surface area contributed by atoms with Crippen molar-refractivity contribution in [3.8, 4) is 0 Å². The van der Waals surface area contributed by atoms with E-state index in [1.807, 2.05) is 6.08 Å². The summed E-state index contributed by atoms with van der Waals surface area (Å²) in [6, 6.07) is 0. The Kier molecular flexibility index (Phi) is 8.16. The lowest BCUT2D eigenvalue weighted by Crippen LogP contribution is -2.32. The molecule has 0 aromatic heterocycles. The zero-order chi connectivity index (χ0) is 21.5. The molecule has 8 nitrogen and oxygen atoms in total.